The van der Waals surface area contributed by atoms with E-state index in [0.29, 0.717) is 0 Å². The highest BCUT2D eigenvalue weighted by molar-refractivity contribution is 7.92. The Morgan fingerprint density at radius 3 is 2.10 bits per heavy atom. The number of nitro groups is 1. The number of sulfonamides is 1. The van der Waals surface area contributed by atoms with Crippen LogP contribution in [0.25, 0.3) is 21.5 Å². The van der Waals surface area contributed by atoms with Crippen molar-refractivity contribution in [1.82, 2.24) is 0 Å². The zero-order chi connectivity index (χ0) is 27.6. The van der Waals surface area contributed by atoms with Crippen LogP contribution < -0.4 is 10.1 Å². The zero-order valence-electron chi connectivity index (χ0n) is 20.1. The third kappa shape index (κ3) is 5.11. The molecule has 5 aromatic rings. The first kappa shape index (κ1) is 25.4. The van der Waals surface area contributed by atoms with E-state index < -0.39 is 31.5 Å². The summed E-state index contributed by atoms with van der Waals surface area (Å²) >= 11 is 0. The molecule has 0 saturated heterocycles. The molecule has 5 rings (SSSR count). The molecule has 0 amide bonds. The molecule has 10 nitrogen and oxygen atoms in total. The summed E-state index contributed by atoms with van der Waals surface area (Å²) in [4.78, 5) is 22.1. The minimum absolute atomic E-state index is 0.0225. The summed E-state index contributed by atoms with van der Waals surface area (Å²) < 4.78 is 28.1. The maximum absolute atomic E-state index is 12.9. The van der Waals surface area contributed by atoms with Crippen molar-refractivity contribution in [2.75, 3.05) is 10.1 Å². The summed E-state index contributed by atoms with van der Waals surface area (Å²) in [6, 6.07) is 26.4. The van der Waals surface area contributed by atoms with Gasteiger partial charge in [0.2, 0.25) is 0 Å². The Labute approximate surface area is 222 Å². The minimum atomic E-state index is -4.34. The number of carbonyl (C=O) groups is 1. The Balaban J connectivity index is 1.47. The topological polar surface area (TPSA) is 151 Å². The third-order valence-corrected chi connectivity index (χ3v) is 7.43. The van der Waals surface area contributed by atoms with E-state index in [9.17, 15) is 28.4 Å². The van der Waals surface area contributed by atoms with Crippen molar-refractivity contribution in [3.8, 4) is 0 Å². The van der Waals surface area contributed by atoms with Gasteiger partial charge in [0.05, 0.1) is 27.3 Å². The number of carboxylic acid groups (broad SMARTS) is 1. The molecule has 0 fully saturated rings. The summed E-state index contributed by atoms with van der Waals surface area (Å²) in [5.41, 5.74) is 2.51. The van der Waals surface area contributed by atoms with E-state index in [1.807, 2.05) is 48.5 Å². The average Bonchev–Trinajstić information content (AvgIpc) is 2.92. The number of anilines is 2. The van der Waals surface area contributed by atoms with Gasteiger partial charge in [-0.1, -0.05) is 60.7 Å². The van der Waals surface area contributed by atoms with Crippen LogP contribution in [-0.2, 0) is 10.0 Å². The molecule has 11 heteroatoms. The fraction of sp³-hybridized carbons (Fsp3) is 0. The minimum Gasteiger partial charge on any atom is -0.478 e. The first-order valence-electron chi connectivity index (χ1n) is 11.6. The SMILES string of the molecule is O=C(O)c1ccccc1NS(=O)(=O)c1ccc(NN=Cc2c3ccccc3cc3ccccc23)c([N+](=O)[O-])c1. The molecular formula is C28H20N4O6S. The van der Waals surface area contributed by atoms with Crippen LogP contribution in [0.2, 0.25) is 0 Å². The molecule has 0 aliphatic heterocycles. The molecule has 194 valence electrons. The molecule has 39 heavy (non-hydrogen) atoms. The van der Waals surface area contributed by atoms with Gasteiger partial charge in [-0.25, -0.2) is 13.2 Å². The first-order chi connectivity index (χ1) is 18.7. The van der Waals surface area contributed by atoms with Crippen molar-refractivity contribution in [3.63, 3.8) is 0 Å². The highest BCUT2D eigenvalue weighted by Crippen LogP contribution is 2.30. The Hall–Kier alpha value is -5.29. The van der Waals surface area contributed by atoms with Crippen molar-refractivity contribution < 1.29 is 23.2 Å². The number of nitrogens with one attached hydrogen (secondary N) is 2. The second-order valence-corrected chi connectivity index (χ2v) is 10.2. The number of para-hydroxylation sites is 1. The molecule has 0 unspecified atom stereocenters. The monoisotopic (exact) mass is 540 g/mol. The number of fused-ring (bicyclic) bond motifs is 2. The van der Waals surface area contributed by atoms with Crippen molar-refractivity contribution in [2.45, 2.75) is 4.90 Å². The van der Waals surface area contributed by atoms with Gasteiger partial charge >= 0.3 is 5.97 Å². The Morgan fingerprint density at radius 1 is 0.846 bits per heavy atom. The Kier molecular flexibility index (Phi) is 6.65. The van der Waals surface area contributed by atoms with Crippen LogP contribution in [0.15, 0.2) is 107 Å². The van der Waals surface area contributed by atoms with Gasteiger partial charge in [0.1, 0.15) is 5.69 Å². The van der Waals surface area contributed by atoms with Crippen LogP contribution in [0.5, 0.6) is 0 Å². The maximum atomic E-state index is 12.9. The zero-order valence-corrected chi connectivity index (χ0v) is 20.9. The summed E-state index contributed by atoms with van der Waals surface area (Å²) in [5, 5.41) is 29.3. The molecule has 0 heterocycles. The van der Waals surface area contributed by atoms with E-state index in [-0.39, 0.29) is 16.9 Å². The van der Waals surface area contributed by atoms with Crippen LogP contribution in [0.3, 0.4) is 0 Å². The van der Waals surface area contributed by atoms with E-state index in [0.717, 1.165) is 33.2 Å². The van der Waals surface area contributed by atoms with Crippen molar-refractivity contribution >= 4 is 60.8 Å². The van der Waals surface area contributed by atoms with Crippen LogP contribution in [0, 0.1) is 10.1 Å². The second-order valence-electron chi connectivity index (χ2n) is 8.49. The Bertz CT molecular complexity index is 1850. The van der Waals surface area contributed by atoms with Crippen LogP contribution in [0.4, 0.5) is 17.1 Å². The standard InChI is InChI=1S/C28H20N4O6S/c33-28(34)23-11-5-6-12-25(23)31-39(37,38)20-13-14-26(27(16-20)32(35)36)30-29-17-24-21-9-3-1-7-18(21)15-19-8-2-4-10-22(19)24/h1-17,30-31H,(H,33,34). The van der Waals surface area contributed by atoms with Gasteiger partial charge in [-0.05, 0) is 51.9 Å². The number of benzene rings is 5. The predicted molar refractivity (Wildman–Crippen MR) is 150 cm³/mol. The van der Waals surface area contributed by atoms with E-state index in [2.05, 4.69) is 21.3 Å². The molecule has 0 atom stereocenters. The van der Waals surface area contributed by atoms with Gasteiger partial charge in [0, 0.05) is 11.6 Å². The third-order valence-electron chi connectivity index (χ3n) is 6.07. The smallest absolute Gasteiger partial charge is 0.337 e. The summed E-state index contributed by atoms with van der Waals surface area (Å²) in [7, 11) is -4.34. The molecular weight excluding hydrogens is 520 g/mol. The van der Waals surface area contributed by atoms with Gasteiger partial charge in [0.15, 0.2) is 0 Å². The van der Waals surface area contributed by atoms with E-state index >= 15 is 0 Å². The van der Waals surface area contributed by atoms with Gasteiger partial charge in [-0.2, -0.15) is 5.10 Å². The van der Waals surface area contributed by atoms with Gasteiger partial charge in [-0.15, -0.1) is 0 Å². The molecule has 0 aromatic heterocycles. The quantitative estimate of drug-likeness (QED) is 0.0967. The van der Waals surface area contributed by atoms with Crippen molar-refractivity contribution in [1.29, 1.82) is 0 Å². The second kappa shape index (κ2) is 10.2. The number of aromatic carboxylic acids is 1. The largest absolute Gasteiger partial charge is 0.478 e. The van der Waals surface area contributed by atoms with Crippen molar-refractivity contribution in [2.24, 2.45) is 5.10 Å². The number of hydrogen-bond acceptors (Lipinski definition) is 7. The molecule has 0 radical (unpaired) electrons. The number of carboxylic acids is 1. The highest BCUT2D eigenvalue weighted by atomic mass is 32.2. The maximum Gasteiger partial charge on any atom is 0.337 e. The van der Waals surface area contributed by atoms with Crippen LogP contribution >= 0.6 is 0 Å². The summed E-state index contributed by atoms with van der Waals surface area (Å²) in [6.45, 7) is 0. The highest BCUT2D eigenvalue weighted by Gasteiger charge is 2.23. The lowest BCUT2D eigenvalue weighted by Gasteiger charge is -2.11. The molecule has 0 aliphatic rings. The van der Waals surface area contributed by atoms with Crippen LogP contribution in [-0.4, -0.2) is 30.6 Å². The van der Waals surface area contributed by atoms with Gasteiger partial charge in [0.25, 0.3) is 15.7 Å². The van der Waals surface area contributed by atoms with E-state index in [1.54, 1.807) is 6.21 Å². The molecule has 0 bridgehead atoms. The van der Waals surface area contributed by atoms with E-state index in [1.165, 1.54) is 36.4 Å². The number of rotatable bonds is 8. The fourth-order valence-electron chi connectivity index (χ4n) is 4.24. The number of hydrazone groups is 1. The fourth-order valence-corrected chi connectivity index (χ4v) is 5.34. The number of nitrogens with zero attached hydrogens (tertiary/aromatic N) is 2. The van der Waals surface area contributed by atoms with Gasteiger partial charge < -0.3 is 5.11 Å². The lowest BCUT2D eigenvalue weighted by atomic mass is 9.97. The lowest BCUT2D eigenvalue weighted by molar-refractivity contribution is -0.384. The lowest BCUT2D eigenvalue weighted by Crippen LogP contribution is -2.16. The molecule has 3 N–H and O–H groups in total. The normalized spacial score (nSPS) is 11.6. The molecule has 0 spiro atoms. The molecule has 0 saturated carbocycles. The van der Waals surface area contributed by atoms with Gasteiger partial charge in [-0.3, -0.25) is 20.3 Å². The first-order valence-corrected chi connectivity index (χ1v) is 13.1. The summed E-state index contributed by atoms with van der Waals surface area (Å²) in [5.74, 6) is -1.32. The number of nitro benzene ring substituents is 1. The average molecular weight is 541 g/mol. The molecule has 5 aromatic carbocycles. The van der Waals surface area contributed by atoms with E-state index in [4.69, 9.17) is 0 Å². The predicted octanol–water partition coefficient (Wildman–Crippen LogP) is 5.85. The van der Waals surface area contributed by atoms with Crippen LogP contribution in [0.1, 0.15) is 15.9 Å². The number of hydrogen-bond donors (Lipinski definition) is 3. The summed E-state index contributed by atoms with van der Waals surface area (Å²) in [6.07, 6.45) is 1.57. The van der Waals surface area contributed by atoms with Crippen molar-refractivity contribution in [3.05, 3.63) is 118 Å². The Morgan fingerprint density at radius 2 is 1.46 bits per heavy atom. The molecule has 0 aliphatic carbocycles.